The van der Waals surface area contributed by atoms with E-state index in [2.05, 4.69) is 15.0 Å². The van der Waals surface area contributed by atoms with Gasteiger partial charge in [0.2, 0.25) is 0 Å². The molecule has 0 bridgehead atoms. The number of aliphatic imine (C=N–C) groups is 1. The number of hydrogen-bond acceptors (Lipinski definition) is 4. The SMILES string of the molecule is COc1ccc(CN=C(N)NCc2ccccc2OC(F)(F)F)cc1OC. The molecular weight excluding hydrogens is 363 g/mol. The molecule has 0 fully saturated rings. The van der Waals surface area contributed by atoms with Crippen LogP contribution in [0.4, 0.5) is 13.2 Å². The minimum atomic E-state index is -4.76. The molecule has 0 heterocycles. The fourth-order valence-corrected chi connectivity index (χ4v) is 2.27. The van der Waals surface area contributed by atoms with Crippen LogP contribution in [0.2, 0.25) is 0 Å². The molecule has 9 heteroatoms. The summed E-state index contributed by atoms with van der Waals surface area (Å²) in [6.07, 6.45) is -4.76. The highest BCUT2D eigenvalue weighted by Crippen LogP contribution is 2.28. The molecule has 0 atom stereocenters. The molecule has 0 aliphatic rings. The number of methoxy groups -OCH3 is 2. The Hall–Kier alpha value is -3.10. The first kappa shape index (κ1) is 20.2. The average Bonchev–Trinajstić information content (AvgIpc) is 2.64. The summed E-state index contributed by atoms with van der Waals surface area (Å²) in [5, 5.41) is 2.77. The molecule has 6 nitrogen and oxygen atoms in total. The molecular formula is C18H20F3N3O3. The number of nitrogens with zero attached hydrogens (tertiary/aromatic N) is 1. The second-order valence-electron chi connectivity index (χ2n) is 5.40. The third-order valence-electron chi connectivity index (χ3n) is 3.54. The maximum atomic E-state index is 12.4. The lowest BCUT2D eigenvalue weighted by molar-refractivity contribution is -0.274. The summed E-state index contributed by atoms with van der Waals surface area (Å²) < 4.78 is 51.7. The Labute approximate surface area is 154 Å². The lowest BCUT2D eigenvalue weighted by Gasteiger charge is -2.14. The van der Waals surface area contributed by atoms with Crippen molar-refractivity contribution in [3.8, 4) is 17.2 Å². The van der Waals surface area contributed by atoms with E-state index >= 15 is 0 Å². The standard InChI is InChI=1S/C18H20F3N3O3/c1-25-15-8-7-12(9-16(15)26-2)10-23-17(22)24-11-13-5-3-4-6-14(13)27-18(19,20)21/h3-9H,10-11H2,1-2H3,(H3,22,23,24). The molecule has 2 rings (SSSR count). The van der Waals surface area contributed by atoms with Crippen LogP contribution in [0.25, 0.3) is 0 Å². The topological polar surface area (TPSA) is 78.1 Å². The van der Waals surface area contributed by atoms with Crippen LogP contribution < -0.4 is 25.3 Å². The first-order valence-electron chi connectivity index (χ1n) is 7.90. The lowest BCUT2D eigenvalue weighted by Crippen LogP contribution is -2.31. The van der Waals surface area contributed by atoms with E-state index in [1.807, 2.05) is 6.07 Å². The van der Waals surface area contributed by atoms with Crippen molar-refractivity contribution >= 4 is 5.96 Å². The van der Waals surface area contributed by atoms with Crippen molar-refractivity contribution in [1.29, 1.82) is 0 Å². The van der Waals surface area contributed by atoms with Crippen LogP contribution in [0, 0.1) is 0 Å². The second kappa shape index (κ2) is 9.02. The van der Waals surface area contributed by atoms with Gasteiger partial charge in [-0.05, 0) is 23.8 Å². The molecule has 0 saturated heterocycles. The van der Waals surface area contributed by atoms with Gasteiger partial charge in [-0.1, -0.05) is 24.3 Å². The summed E-state index contributed by atoms with van der Waals surface area (Å²) in [6, 6.07) is 11.1. The summed E-state index contributed by atoms with van der Waals surface area (Å²) in [5.41, 5.74) is 6.93. The van der Waals surface area contributed by atoms with Crippen molar-refractivity contribution < 1.29 is 27.4 Å². The van der Waals surface area contributed by atoms with Crippen LogP contribution in [0.3, 0.4) is 0 Å². The van der Waals surface area contributed by atoms with Gasteiger partial charge in [0.25, 0.3) is 0 Å². The highest BCUT2D eigenvalue weighted by molar-refractivity contribution is 5.77. The van der Waals surface area contributed by atoms with Gasteiger partial charge >= 0.3 is 6.36 Å². The number of nitrogens with two attached hydrogens (primary N) is 1. The number of para-hydroxylation sites is 1. The van der Waals surface area contributed by atoms with Gasteiger partial charge in [0.15, 0.2) is 17.5 Å². The van der Waals surface area contributed by atoms with E-state index in [4.69, 9.17) is 15.2 Å². The average molecular weight is 383 g/mol. The summed E-state index contributed by atoms with van der Waals surface area (Å²) >= 11 is 0. The third-order valence-corrected chi connectivity index (χ3v) is 3.54. The van der Waals surface area contributed by atoms with E-state index in [0.29, 0.717) is 17.1 Å². The predicted octanol–water partition coefficient (Wildman–Crippen LogP) is 3.21. The highest BCUT2D eigenvalue weighted by atomic mass is 19.4. The molecule has 2 aromatic carbocycles. The van der Waals surface area contributed by atoms with Crippen molar-refractivity contribution in [3.05, 3.63) is 53.6 Å². The number of hydrogen-bond donors (Lipinski definition) is 2. The molecule has 0 amide bonds. The Kier molecular flexibility index (Phi) is 6.75. The van der Waals surface area contributed by atoms with Crippen LogP contribution in [0.15, 0.2) is 47.5 Å². The van der Waals surface area contributed by atoms with E-state index in [1.165, 1.54) is 32.4 Å². The Bertz CT molecular complexity index is 795. The van der Waals surface area contributed by atoms with Gasteiger partial charge in [0, 0.05) is 12.1 Å². The van der Waals surface area contributed by atoms with Crippen molar-refractivity contribution in [2.75, 3.05) is 14.2 Å². The van der Waals surface area contributed by atoms with Crippen molar-refractivity contribution in [3.63, 3.8) is 0 Å². The number of alkyl halides is 3. The lowest BCUT2D eigenvalue weighted by atomic mass is 10.2. The van der Waals surface area contributed by atoms with Crippen molar-refractivity contribution in [2.24, 2.45) is 10.7 Å². The van der Waals surface area contributed by atoms with E-state index < -0.39 is 6.36 Å². The van der Waals surface area contributed by atoms with E-state index in [0.717, 1.165) is 5.56 Å². The monoisotopic (exact) mass is 383 g/mol. The Morgan fingerprint density at radius 1 is 1.04 bits per heavy atom. The quantitative estimate of drug-likeness (QED) is 0.567. The van der Waals surface area contributed by atoms with Gasteiger partial charge in [-0.15, -0.1) is 13.2 Å². The van der Waals surface area contributed by atoms with Gasteiger partial charge in [-0.25, -0.2) is 4.99 Å². The Morgan fingerprint density at radius 3 is 2.41 bits per heavy atom. The van der Waals surface area contributed by atoms with E-state index in [-0.39, 0.29) is 24.8 Å². The van der Waals surface area contributed by atoms with Crippen molar-refractivity contribution in [2.45, 2.75) is 19.5 Å². The summed E-state index contributed by atoms with van der Waals surface area (Å²) in [4.78, 5) is 4.17. The molecule has 27 heavy (non-hydrogen) atoms. The predicted molar refractivity (Wildman–Crippen MR) is 94.8 cm³/mol. The largest absolute Gasteiger partial charge is 0.573 e. The van der Waals surface area contributed by atoms with E-state index in [1.54, 1.807) is 18.2 Å². The summed E-state index contributed by atoms with van der Waals surface area (Å²) in [5.74, 6) is 0.962. The molecule has 0 spiro atoms. The number of guanidine groups is 1. The van der Waals surface area contributed by atoms with Crippen LogP contribution in [0.1, 0.15) is 11.1 Å². The molecule has 2 aromatic rings. The number of benzene rings is 2. The Morgan fingerprint density at radius 2 is 1.74 bits per heavy atom. The minimum absolute atomic E-state index is 0.0352. The van der Waals surface area contributed by atoms with Crippen LogP contribution in [-0.2, 0) is 13.1 Å². The number of rotatable bonds is 7. The second-order valence-corrected chi connectivity index (χ2v) is 5.40. The normalized spacial score (nSPS) is 11.8. The molecule has 0 saturated carbocycles. The van der Waals surface area contributed by atoms with Gasteiger partial charge in [0.05, 0.1) is 20.8 Å². The van der Waals surface area contributed by atoms with Crippen LogP contribution in [-0.4, -0.2) is 26.5 Å². The molecule has 0 aromatic heterocycles. The highest BCUT2D eigenvalue weighted by Gasteiger charge is 2.31. The maximum absolute atomic E-state index is 12.4. The Balaban J connectivity index is 1.99. The van der Waals surface area contributed by atoms with Gasteiger partial charge in [-0.3, -0.25) is 0 Å². The molecule has 146 valence electrons. The zero-order valence-electron chi connectivity index (χ0n) is 14.8. The summed E-state index contributed by atoms with van der Waals surface area (Å²) in [7, 11) is 3.07. The van der Waals surface area contributed by atoms with Gasteiger partial charge in [0.1, 0.15) is 5.75 Å². The maximum Gasteiger partial charge on any atom is 0.573 e. The molecule has 0 radical (unpaired) electrons. The number of halogens is 3. The zero-order valence-corrected chi connectivity index (χ0v) is 14.8. The fraction of sp³-hybridized carbons (Fsp3) is 0.278. The fourth-order valence-electron chi connectivity index (χ4n) is 2.27. The molecule has 3 N–H and O–H groups in total. The molecule has 0 unspecified atom stereocenters. The smallest absolute Gasteiger partial charge is 0.493 e. The van der Waals surface area contributed by atoms with Crippen LogP contribution >= 0.6 is 0 Å². The minimum Gasteiger partial charge on any atom is -0.493 e. The third kappa shape index (κ3) is 6.28. The first-order valence-corrected chi connectivity index (χ1v) is 7.90. The number of ether oxygens (including phenoxy) is 3. The van der Waals surface area contributed by atoms with Gasteiger partial charge < -0.3 is 25.3 Å². The molecule has 0 aliphatic carbocycles. The van der Waals surface area contributed by atoms with E-state index in [9.17, 15) is 13.2 Å². The van der Waals surface area contributed by atoms with Gasteiger partial charge in [-0.2, -0.15) is 0 Å². The molecule has 0 aliphatic heterocycles. The first-order chi connectivity index (χ1) is 12.8. The number of nitrogens with one attached hydrogen (secondary N) is 1. The zero-order chi connectivity index (χ0) is 19.9. The van der Waals surface area contributed by atoms with Crippen LogP contribution in [0.5, 0.6) is 17.2 Å². The summed E-state index contributed by atoms with van der Waals surface area (Å²) in [6.45, 7) is 0.299. The van der Waals surface area contributed by atoms with Crippen molar-refractivity contribution in [1.82, 2.24) is 5.32 Å².